The van der Waals surface area contributed by atoms with Crippen LogP contribution in [0, 0.1) is 6.92 Å². The molecule has 3 rings (SSSR count). The average molecular weight is 522 g/mol. The van der Waals surface area contributed by atoms with Crippen LogP contribution in [0.4, 0.5) is 5.82 Å². The molecule has 0 aliphatic carbocycles. The van der Waals surface area contributed by atoms with Gasteiger partial charge in [-0.15, -0.1) is 0 Å². The largest absolute Gasteiger partial charge is 0.303 e. The number of hydrogen-bond donors (Lipinski definition) is 1. The van der Waals surface area contributed by atoms with E-state index in [1.54, 1.807) is 30.1 Å². The SMILES string of the molecule is Cc1nn(C)c(C(=O)Nc2nn(Cc3ccc(Cl)c(Cl)c3)cc2Br)c1Br. The number of halogens is 4. The summed E-state index contributed by atoms with van der Waals surface area (Å²) in [4.78, 5) is 12.6. The minimum Gasteiger partial charge on any atom is -0.303 e. The molecule has 2 heterocycles. The van der Waals surface area contributed by atoms with Crippen molar-refractivity contribution < 1.29 is 4.79 Å². The van der Waals surface area contributed by atoms with Crippen LogP contribution in [0.5, 0.6) is 0 Å². The quantitative estimate of drug-likeness (QED) is 0.522. The van der Waals surface area contributed by atoms with Crippen LogP contribution in [-0.2, 0) is 13.6 Å². The van der Waals surface area contributed by atoms with Crippen LogP contribution in [-0.4, -0.2) is 25.5 Å². The van der Waals surface area contributed by atoms with Crippen LogP contribution in [0.2, 0.25) is 10.0 Å². The molecule has 6 nitrogen and oxygen atoms in total. The second-order valence-electron chi connectivity index (χ2n) is 5.60. The smallest absolute Gasteiger partial charge is 0.276 e. The summed E-state index contributed by atoms with van der Waals surface area (Å²) in [5, 5.41) is 12.4. The van der Waals surface area contributed by atoms with Crippen molar-refractivity contribution >= 4 is 66.8 Å². The molecule has 3 aromatic rings. The van der Waals surface area contributed by atoms with Crippen LogP contribution >= 0.6 is 55.1 Å². The molecule has 0 atom stereocenters. The minimum atomic E-state index is -0.305. The van der Waals surface area contributed by atoms with Crippen molar-refractivity contribution in [2.45, 2.75) is 13.5 Å². The standard InChI is InChI=1S/C16H13Br2Cl2N5O/c1-8-13(18)14(24(2)22-8)16(26)21-15-10(17)7-25(23-15)6-9-3-4-11(19)12(20)5-9/h3-5,7H,6H2,1-2H3,(H,21,23,26). The first-order valence-corrected chi connectivity index (χ1v) is 9.77. The normalized spacial score (nSPS) is 11.0. The number of carbonyl (C=O) groups excluding carboxylic acids is 1. The predicted molar refractivity (Wildman–Crippen MR) is 109 cm³/mol. The Balaban J connectivity index is 1.79. The Morgan fingerprint density at radius 3 is 2.58 bits per heavy atom. The highest BCUT2D eigenvalue weighted by Crippen LogP contribution is 2.26. The fraction of sp³-hybridized carbons (Fsp3) is 0.188. The van der Waals surface area contributed by atoms with Gasteiger partial charge in [0.05, 0.1) is 31.2 Å². The molecule has 26 heavy (non-hydrogen) atoms. The molecular weight excluding hydrogens is 509 g/mol. The van der Waals surface area contributed by atoms with Crippen LogP contribution in [0.1, 0.15) is 21.7 Å². The number of hydrogen-bond acceptors (Lipinski definition) is 3. The Labute approximate surface area is 176 Å². The summed E-state index contributed by atoms with van der Waals surface area (Å²) in [6, 6.07) is 5.40. The molecule has 0 saturated heterocycles. The average Bonchev–Trinajstić information content (AvgIpc) is 3.02. The van der Waals surface area contributed by atoms with Crippen LogP contribution in [0.25, 0.3) is 0 Å². The van der Waals surface area contributed by atoms with Gasteiger partial charge < -0.3 is 5.32 Å². The molecule has 2 aromatic heterocycles. The molecule has 0 aliphatic heterocycles. The van der Waals surface area contributed by atoms with Gasteiger partial charge in [-0.3, -0.25) is 14.2 Å². The van der Waals surface area contributed by atoms with Gasteiger partial charge >= 0.3 is 0 Å². The second-order valence-corrected chi connectivity index (χ2v) is 8.06. The predicted octanol–water partition coefficient (Wildman–Crippen LogP) is 5.06. The number of anilines is 1. The van der Waals surface area contributed by atoms with Gasteiger partial charge in [-0.25, -0.2) is 0 Å². The van der Waals surface area contributed by atoms with E-state index in [9.17, 15) is 4.79 Å². The summed E-state index contributed by atoms with van der Waals surface area (Å²) in [5.74, 6) is 0.112. The Bertz CT molecular complexity index is 999. The van der Waals surface area contributed by atoms with E-state index in [4.69, 9.17) is 23.2 Å². The van der Waals surface area contributed by atoms with Gasteiger partial charge in [0.2, 0.25) is 0 Å². The minimum absolute atomic E-state index is 0.305. The van der Waals surface area contributed by atoms with E-state index in [2.05, 4.69) is 47.4 Å². The van der Waals surface area contributed by atoms with Crippen molar-refractivity contribution in [2.75, 3.05) is 5.32 Å². The van der Waals surface area contributed by atoms with Gasteiger partial charge in [-0.2, -0.15) is 10.2 Å². The molecule has 0 aliphatic rings. The lowest BCUT2D eigenvalue weighted by molar-refractivity contribution is 0.101. The number of carbonyl (C=O) groups is 1. The number of nitrogens with zero attached hydrogens (tertiary/aromatic N) is 4. The van der Waals surface area contributed by atoms with E-state index >= 15 is 0 Å². The van der Waals surface area contributed by atoms with Crippen molar-refractivity contribution in [3.05, 3.63) is 60.3 Å². The van der Waals surface area contributed by atoms with E-state index in [0.717, 1.165) is 11.3 Å². The van der Waals surface area contributed by atoms with E-state index in [1.807, 2.05) is 13.0 Å². The summed E-state index contributed by atoms with van der Waals surface area (Å²) in [7, 11) is 1.71. The number of aryl methyl sites for hydroxylation is 2. The number of amides is 1. The molecule has 0 bridgehead atoms. The first kappa shape index (κ1) is 19.4. The highest BCUT2D eigenvalue weighted by Gasteiger charge is 2.20. The maximum Gasteiger partial charge on any atom is 0.276 e. The third-order valence-corrected chi connectivity index (χ3v) is 5.91. The summed E-state index contributed by atoms with van der Waals surface area (Å²) < 4.78 is 4.54. The lowest BCUT2D eigenvalue weighted by Crippen LogP contribution is -2.17. The van der Waals surface area contributed by atoms with Crippen molar-refractivity contribution in [3.63, 3.8) is 0 Å². The Morgan fingerprint density at radius 1 is 1.23 bits per heavy atom. The molecule has 0 radical (unpaired) electrons. The van der Waals surface area contributed by atoms with Gasteiger partial charge in [0.1, 0.15) is 5.69 Å². The van der Waals surface area contributed by atoms with Crippen molar-refractivity contribution in [2.24, 2.45) is 7.05 Å². The van der Waals surface area contributed by atoms with Crippen LogP contribution < -0.4 is 5.32 Å². The fourth-order valence-electron chi connectivity index (χ4n) is 2.43. The number of benzene rings is 1. The molecule has 1 N–H and O–H groups in total. The number of aromatic nitrogens is 4. The van der Waals surface area contributed by atoms with Gasteiger partial charge in [0.25, 0.3) is 5.91 Å². The summed E-state index contributed by atoms with van der Waals surface area (Å²) in [5.41, 5.74) is 2.10. The van der Waals surface area contributed by atoms with E-state index < -0.39 is 0 Å². The maximum atomic E-state index is 12.6. The van der Waals surface area contributed by atoms with Gasteiger partial charge in [0.15, 0.2) is 5.82 Å². The van der Waals surface area contributed by atoms with Crippen molar-refractivity contribution in [1.82, 2.24) is 19.6 Å². The summed E-state index contributed by atoms with van der Waals surface area (Å²) in [6.07, 6.45) is 1.78. The summed E-state index contributed by atoms with van der Waals surface area (Å²) >= 11 is 18.8. The highest BCUT2D eigenvalue weighted by atomic mass is 79.9. The third-order valence-electron chi connectivity index (χ3n) is 3.64. The topological polar surface area (TPSA) is 64.7 Å². The zero-order valence-electron chi connectivity index (χ0n) is 13.7. The number of nitrogens with one attached hydrogen (secondary N) is 1. The molecule has 0 fully saturated rings. The van der Waals surface area contributed by atoms with Crippen LogP contribution in [0.3, 0.4) is 0 Å². The fourth-order valence-corrected chi connectivity index (χ4v) is 3.68. The molecule has 0 spiro atoms. The lowest BCUT2D eigenvalue weighted by Gasteiger charge is -2.05. The molecule has 0 unspecified atom stereocenters. The monoisotopic (exact) mass is 519 g/mol. The maximum absolute atomic E-state index is 12.6. The van der Waals surface area contributed by atoms with E-state index in [1.165, 1.54) is 4.68 Å². The van der Waals surface area contributed by atoms with Gasteiger partial charge in [-0.1, -0.05) is 29.3 Å². The molecule has 1 aromatic carbocycles. The first-order chi connectivity index (χ1) is 12.3. The Morgan fingerprint density at radius 2 is 1.96 bits per heavy atom. The lowest BCUT2D eigenvalue weighted by atomic mass is 10.2. The van der Waals surface area contributed by atoms with E-state index in [-0.39, 0.29) is 5.91 Å². The van der Waals surface area contributed by atoms with E-state index in [0.29, 0.717) is 37.0 Å². The number of rotatable bonds is 4. The Hall–Kier alpha value is -1.35. The molecular formula is C16H13Br2Cl2N5O. The molecule has 136 valence electrons. The zero-order chi connectivity index (χ0) is 19.0. The van der Waals surface area contributed by atoms with Gasteiger partial charge in [-0.05, 0) is 56.5 Å². The second kappa shape index (κ2) is 7.72. The molecule has 1 amide bonds. The van der Waals surface area contributed by atoms with Gasteiger partial charge in [0, 0.05) is 13.2 Å². The zero-order valence-corrected chi connectivity index (χ0v) is 18.4. The highest BCUT2D eigenvalue weighted by molar-refractivity contribution is 9.11. The third kappa shape index (κ3) is 3.98. The van der Waals surface area contributed by atoms with Crippen molar-refractivity contribution in [3.8, 4) is 0 Å². The van der Waals surface area contributed by atoms with Crippen molar-refractivity contribution in [1.29, 1.82) is 0 Å². The summed E-state index contributed by atoms with van der Waals surface area (Å²) in [6.45, 7) is 2.31. The molecule has 0 saturated carbocycles. The molecule has 10 heteroatoms. The Kier molecular flexibility index (Phi) is 5.76. The first-order valence-electron chi connectivity index (χ1n) is 7.43. The van der Waals surface area contributed by atoms with Crippen LogP contribution in [0.15, 0.2) is 33.3 Å².